The second-order valence-electron chi connectivity index (χ2n) is 3.43. The summed E-state index contributed by atoms with van der Waals surface area (Å²) in [5.41, 5.74) is 9.76. The highest BCUT2D eigenvalue weighted by Crippen LogP contribution is 2.38. The van der Waals surface area contributed by atoms with Crippen LogP contribution in [0.25, 0.3) is 5.53 Å². The minimum absolute atomic E-state index is 0.642. The normalized spacial score (nSPS) is 37.8. The summed E-state index contributed by atoms with van der Waals surface area (Å²) in [7, 11) is 0. The van der Waals surface area contributed by atoms with Gasteiger partial charge in [-0.15, -0.1) is 0 Å². The molecule has 2 nitrogen and oxygen atoms in total. The number of hydrogen-bond acceptors (Lipinski definition) is 0. The van der Waals surface area contributed by atoms with Gasteiger partial charge in [0.15, 0.2) is 0 Å². The molecule has 0 aromatic rings. The third kappa shape index (κ3) is 0.723. The van der Waals surface area contributed by atoms with E-state index in [2.05, 4.69) is 4.79 Å². The molecule has 0 radical (unpaired) electrons. The Bertz CT molecular complexity index is 173. The van der Waals surface area contributed by atoms with Gasteiger partial charge >= 0.3 is 0 Å². The van der Waals surface area contributed by atoms with Crippen LogP contribution in [-0.2, 0) is 0 Å². The van der Waals surface area contributed by atoms with Gasteiger partial charge in [0.25, 0.3) is 5.71 Å². The Morgan fingerprint density at radius 3 is 2.10 bits per heavy atom. The summed E-state index contributed by atoms with van der Waals surface area (Å²) in [6, 6.07) is 0. The number of hydrogen-bond donors (Lipinski definition) is 0. The molecule has 0 aromatic carbocycles. The largest absolute Gasteiger partial charge is 0.362 e. The quantitative estimate of drug-likeness (QED) is 0.360. The van der Waals surface area contributed by atoms with Crippen LogP contribution in [0, 0.1) is 11.8 Å². The molecule has 10 heavy (non-hydrogen) atoms. The van der Waals surface area contributed by atoms with Crippen molar-refractivity contribution in [3.63, 3.8) is 0 Å². The molecule has 0 aromatic heterocycles. The standard InChI is InChI=1S/C8H12N2/c9-10-8-6-2-1-3-7(8)5-4-6/h6-7H,1-5H2. The zero-order valence-electron chi connectivity index (χ0n) is 6.08. The molecule has 0 heterocycles. The number of rotatable bonds is 0. The first-order valence-electron chi connectivity index (χ1n) is 4.13. The maximum atomic E-state index is 8.66. The van der Waals surface area contributed by atoms with Crippen LogP contribution in [0.15, 0.2) is 0 Å². The van der Waals surface area contributed by atoms with Crippen LogP contribution in [0.2, 0.25) is 0 Å². The van der Waals surface area contributed by atoms with Crippen LogP contribution in [-0.4, -0.2) is 10.5 Å². The van der Waals surface area contributed by atoms with E-state index < -0.39 is 0 Å². The molecule has 2 unspecified atom stereocenters. The lowest BCUT2D eigenvalue weighted by Crippen LogP contribution is -2.20. The van der Waals surface area contributed by atoms with E-state index in [1.165, 1.54) is 32.1 Å². The van der Waals surface area contributed by atoms with Crippen molar-refractivity contribution in [3.8, 4) is 0 Å². The van der Waals surface area contributed by atoms with Gasteiger partial charge in [-0.1, -0.05) is 6.42 Å². The number of nitrogens with zero attached hydrogens (tertiary/aromatic N) is 2. The second-order valence-corrected chi connectivity index (χ2v) is 3.43. The van der Waals surface area contributed by atoms with Crippen LogP contribution in [0.4, 0.5) is 0 Å². The first-order chi connectivity index (χ1) is 4.92. The van der Waals surface area contributed by atoms with E-state index >= 15 is 0 Å². The van der Waals surface area contributed by atoms with Gasteiger partial charge in [0.1, 0.15) is 0 Å². The van der Waals surface area contributed by atoms with E-state index in [9.17, 15) is 0 Å². The van der Waals surface area contributed by atoms with E-state index in [-0.39, 0.29) is 0 Å². The van der Waals surface area contributed by atoms with Gasteiger partial charge in [-0.2, -0.15) is 4.79 Å². The van der Waals surface area contributed by atoms with E-state index in [0.29, 0.717) is 11.8 Å². The first-order valence-corrected chi connectivity index (χ1v) is 4.13. The van der Waals surface area contributed by atoms with Gasteiger partial charge in [-0.3, -0.25) is 0 Å². The molecule has 0 amide bonds. The minimum atomic E-state index is 0.642. The monoisotopic (exact) mass is 136 g/mol. The predicted octanol–water partition coefficient (Wildman–Crippen LogP) is 1.87. The zero-order chi connectivity index (χ0) is 6.97. The Kier molecular flexibility index (Phi) is 1.35. The molecule has 2 heteroatoms. The molecule has 0 N–H and O–H groups in total. The molecule has 2 saturated carbocycles. The van der Waals surface area contributed by atoms with Crippen molar-refractivity contribution in [1.29, 1.82) is 0 Å². The fraction of sp³-hybridized carbons (Fsp3) is 0.875. The third-order valence-electron chi connectivity index (χ3n) is 2.92. The molecule has 0 spiro atoms. The summed E-state index contributed by atoms with van der Waals surface area (Å²) in [6.45, 7) is 0. The fourth-order valence-corrected chi connectivity index (χ4v) is 2.39. The SMILES string of the molecule is [N-]=[N+]=C1C2CCCC1CC2. The second kappa shape index (κ2) is 2.21. The van der Waals surface area contributed by atoms with Crippen molar-refractivity contribution in [2.45, 2.75) is 32.1 Å². The van der Waals surface area contributed by atoms with Gasteiger partial charge in [-0.05, 0) is 25.7 Å². The Labute approximate surface area is 60.9 Å². The molecule has 54 valence electrons. The highest BCUT2D eigenvalue weighted by Gasteiger charge is 2.41. The minimum Gasteiger partial charge on any atom is -0.362 e. The molecule has 2 atom stereocenters. The Morgan fingerprint density at radius 1 is 1.10 bits per heavy atom. The summed E-state index contributed by atoms with van der Waals surface area (Å²) in [5, 5.41) is 0. The van der Waals surface area contributed by atoms with Crippen LogP contribution >= 0.6 is 0 Å². The Morgan fingerprint density at radius 2 is 1.70 bits per heavy atom. The lowest BCUT2D eigenvalue weighted by molar-refractivity contribution is -0.0199. The van der Waals surface area contributed by atoms with Gasteiger partial charge in [0.05, 0.1) is 11.8 Å². The lowest BCUT2D eigenvalue weighted by Gasteiger charge is -2.12. The van der Waals surface area contributed by atoms with Crippen molar-refractivity contribution in [2.75, 3.05) is 0 Å². The number of fused-ring (bicyclic) bond motifs is 2. The van der Waals surface area contributed by atoms with E-state index in [1.807, 2.05) is 0 Å². The van der Waals surface area contributed by atoms with E-state index in [1.54, 1.807) is 0 Å². The molecule has 2 fully saturated rings. The zero-order valence-corrected chi connectivity index (χ0v) is 6.08. The van der Waals surface area contributed by atoms with Gasteiger partial charge in [0, 0.05) is 0 Å². The maximum absolute atomic E-state index is 8.66. The van der Waals surface area contributed by atoms with Crippen LogP contribution in [0.3, 0.4) is 0 Å². The van der Waals surface area contributed by atoms with Crippen molar-refractivity contribution in [3.05, 3.63) is 5.53 Å². The van der Waals surface area contributed by atoms with Crippen molar-refractivity contribution < 1.29 is 4.79 Å². The van der Waals surface area contributed by atoms with Crippen molar-refractivity contribution in [2.24, 2.45) is 11.8 Å². The van der Waals surface area contributed by atoms with E-state index in [4.69, 9.17) is 5.53 Å². The van der Waals surface area contributed by atoms with Crippen molar-refractivity contribution >= 4 is 5.71 Å². The molecule has 2 rings (SSSR count). The predicted molar refractivity (Wildman–Crippen MR) is 38.7 cm³/mol. The summed E-state index contributed by atoms with van der Waals surface area (Å²) >= 11 is 0. The van der Waals surface area contributed by atoms with Crippen LogP contribution in [0.1, 0.15) is 32.1 Å². The lowest BCUT2D eigenvalue weighted by atomic mass is 9.87. The maximum Gasteiger partial charge on any atom is 0.274 e. The Hall–Kier alpha value is -0.620. The average Bonchev–Trinajstić information content (AvgIpc) is 2.19. The highest BCUT2D eigenvalue weighted by atomic mass is 14.9. The van der Waals surface area contributed by atoms with Gasteiger partial charge < -0.3 is 5.53 Å². The summed E-state index contributed by atoms with van der Waals surface area (Å²) < 4.78 is 0. The summed E-state index contributed by atoms with van der Waals surface area (Å²) in [6.07, 6.45) is 6.40. The smallest absolute Gasteiger partial charge is 0.274 e. The van der Waals surface area contributed by atoms with Gasteiger partial charge in [-0.25, -0.2) is 0 Å². The third-order valence-corrected chi connectivity index (χ3v) is 2.92. The Balaban J connectivity index is 2.29. The van der Waals surface area contributed by atoms with Crippen LogP contribution in [0.5, 0.6) is 0 Å². The molecule has 2 bridgehead atoms. The first kappa shape index (κ1) is 6.11. The molecule has 2 aliphatic rings. The van der Waals surface area contributed by atoms with E-state index in [0.717, 1.165) is 5.71 Å². The van der Waals surface area contributed by atoms with Crippen molar-refractivity contribution in [1.82, 2.24) is 0 Å². The summed E-state index contributed by atoms with van der Waals surface area (Å²) in [5.74, 6) is 1.28. The molecular weight excluding hydrogens is 124 g/mol. The molecule has 0 aliphatic heterocycles. The molecule has 2 aliphatic carbocycles. The molecular formula is C8H12N2. The molecule has 0 saturated heterocycles. The van der Waals surface area contributed by atoms with Gasteiger partial charge in [0.2, 0.25) is 0 Å². The highest BCUT2D eigenvalue weighted by molar-refractivity contribution is 5.86. The topological polar surface area (TPSA) is 36.4 Å². The average molecular weight is 136 g/mol. The van der Waals surface area contributed by atoms with Crippen LogP contribution < -0.4 is 0 Å². The fourth-order valence-electron chi connectivity index (χ4n) is 2.39. The summed E-state index contributed by atoms with van der Waals surface area (Å²) in [4.78, 5) is 3.39.